The largest absolute Gasteiger partial charge is 0.334 e. The van der Waals surface area contributed by atoms with Crippen LogP contribution in [0.2, 0.25) is 0 Å². The molecule has 0 amide bonds. The molecule has 8 nitrogen and oxygen atoms in total. The number of likely N-dealkylation sites (N-methyl/N-ethyl adjacent to an activating group) is 1. The summed E-state index contributed by atoms with van der Waals surface area (Å²) in [4.78, 5) is 17.2. The van der Waals surface area contributed by atoms with E-state index in [4.69, 9.17) is 4.52 Å². The maximum Gasteiger partial charge on any atom is 0.273 e. The van der Waals surface area contributed by atoms with Crippen LogP contribution in [0.3, 0.4) is 0 Å². The van der Waals surface area contributed by atoms with Crippen molar-refractivity contribution in [3.63, 3.8) is 0 Å². The van der Waals surface area contributed by atoms with Gasteiger partial charge in [0.25, 0.3) is 11.6 Å². The van der Waals surface area contributed by atoms with E-state index in [2.05, 4.69) is 20.4 Å². The molecule has 1 aliphatic rings. The van der Waals surface area contributed by atoms with Crippen LogP contribution in [0.4, 0.5) is 5.69 Å². The zero-order valence-corrected chi connectivity index (χ0v) is 13.7. The maximum absolute atomic E-state index is 11.0. The normalized spacial score (nSPS) is 18.4. The predicted octanol–water partition coefficient (Wildman–Crippen LogP) is 1.95. The van der Waals surface area contributed by atoms with Gasteiger partial charge >= 0.3 is 0 Å². The third-order valence-corrected chi connectivity index (χ3v) is 3.98. The molecule has 2 aromatic rings. The van der Waals surface area contributed by atoms with E-state index in [0.717, 1.165) is 19.6 Å². The minimum Gasteiger partial charge on any atom is -0.334 e. The molecule has 3 rings (SSSR count). The van der Waals surface area contributed by atoms with Gasteiger partial charge in [-0.1, -0.05) is 11.2 Å². The number of aromatic nitrogens is 2. The third kappa shape index (κ3) is 3.34. The van der Waals surface area contributed by atoms with Crippen molar-refractivity contribution >= 4 is 18.1 Å². The minimum absolute atomic E-state index is 0. The van der Waals surface area contributed by atoms with E-state index >= 15 is 0 Å². The Balaban J connectivity index is 0.00000192. The van der Waals surface area contributed by atoms with E-state index in [9.17, 15) is 10.1 Å². The SMILES string of the molecule is Cc1c(-c2nc(C3CNCCN3C)no2)cccc1[N+](=O)[O-].Cl. The topological polar surface area (TPSA) is 97.3 Å². The summed E-state index contributed by atoms with van der Waals surface area (Å²) in [7, 11) is 2.01. The van der Waals surface area contributed by atoms with E-state index in [1.54, 1.807) is 19.1 Å². The average Bonchev–Trinajstić information content (AvgIpc) is 2.97. The van der Waals surface area contributed by atoms with Crippen LogP contribution < -0.4 is 5.32 Å². The Morgan fingerprint density at radius 2 is 2.26 bits per heavy atom. The summed E-state index contributed by atoms with van der Waals surface area (Å²) in [6.07, 6.45) is 0. The van der Waals surface area contributed by atoms with E-state index in [-0.39, 0.29) is 24.1 Å². The lowest BCUT2D eigenvalue weighted by Crippen LogP contribution is -2.44. The molecule has 23 heavy (non-hydrogen) atoms. The summed E-state index contributed by atoms with van der Waals surface area (Å²) < 4.78 is 5.33. The quantitative estimate of drug-likeness (QED) is 0.674. The number of nitro groups is 1. The van der Waals surface area contributed by atoms with Gasteiger partial charge in [0.15, 0.2) is 5.82 Å². The fourth-order valence-electron chi connectivity index (χ4n) is 2.63. The first-order valence-electron chi connectivity index (χ1n) is 7.07. The van der Waals surface area contributed by atoms with Crippen LogP contribution in [-0.2, 0) is 0 Å². The Labute approximate surface area is 139 Å². The van der Waals surface area contributed by atoms with Crippen LogP contribution in [0.15, 0.2) is 22.7 Å². The molecule has 0 spiro atoms. The average molecular weight is 340 g/mol. The Kier molecular flexibility index (Phi) is 5.30. The molecule has 0 bridgehead atoms. The molecule has 0 radical (unpaired) electrons. The summed E-state index contributed by atoms with van der Waals surface area (Å²) >= 11 is 0. The smallest absolute Gasteiger partial charge is 0.273 e. The number of hydrogen-bond donors (Lipinski definition) is 1. The van der Waals surface area contributed by atoms with Gasteiger partial charge in [-0.2, -0.15) is 4.98 Å². The van der Waals surface area contributed by atoms with Gasteiger partial charge < -0.3 is 9.84 Å². The van der Waals surface area contributed by atoms with Crippen molar-refractivity contribution in [2.24, 2.45) is 0 Å². The summed E-state index contributed by atoms with van der Waals surface area (Å²) in [6, 6.07) is 4.89. The van der Waals surface area contributed by atoms with Crippen LogP contribution in [0.5, 0.6) is 0 Å². The Hall–Kier alpha value is -2.03. The Morgan fingerprint density at radius 3 is 2.96 bits per heavy atom. The molecule has 1 aliphatic heterocycles. The van der Waals surface area contributed by atoms with Crippen molar-refractivity contribution in [3.8, 4) is 11.5 Å². The second-order valence-corrected chi connectivity index (χ2v) is 5.37. The molecule has 1 unspecified atom stereocenters. The van der Waals surface area contributed by atoms with E-state index in [0.29, 0.717) is 22.8 Å². The standard InChI is InChI=1S/C14H17N5O3.ClH/c1-9-10(4-3-5-11(9)19(20)21)14-16-13(17-22-14)12-8-15-6-7-18(12)2;/h3-5,12,15H,6-8H2,1-2H3;1H. The molecular weight excluding hydrogens is 322 g/mol. The molecular formula is C14H18ClN5O3. The first-order valence-corrected chi connectivity index (χ1v) is 7.07. The molecule has 1 fully saturated rings. The van der Waals surface area contributed by atoms with E-state index in [1.165, 1.54) is 6.07 Å². The fraction of sp³-hybridized carbons (Fsp3) is 0.429. The van der Waals surface area contributed by atoms with Crippen molar-refractivity contribution in [2.45, 2.75) is 13.0 Å². The van der Waals surface area contributed by atoms with Gasteiger partial charge in [0.05, 0.1) is 11.0 Å². The highest BCUT2D eigenvalue weighted by Crippen LogP contribution is 2.29. The molecule has 1 aromatic heterocycles. The van der Waals surface area contributed by atoms with Crippen LogP contribution in [0.25, 0.3) is 11.5 Å². The summed E-state index contributed by atoms with van der Waals surface area (Å²) in [5.41, 5.74) is 1.17. The first-order chi connectivity index (χ1) is 10.6. The molecule has 1 aromatic carbocycles. The lowest BCUT2D eigenvalue weighted by Gasteiger charge is -2.30. The monoisotopic (exact) mass is 339 g/mol. The number of halogens is 1. The minimum atomic E-state index is -0.408. The lowest BCUT2D eigenvalue weighted by atomic mass is 10.1. The summed E-state index contributed by atoms with van der Waals surface area (Å²) in [6.45, 7) is 4.28. The molecule has 124 valence electrons. The number of nitrogens with one attached hydrogen (secondary N) is 1. The number of rotatable bonds is 3. The second-order valence-electron chi connectivity index (χ2n) is 5.37. The molecule has 1 atom stereocenters. The second kappa shape index (κ2) is 7.03. The van der Waals surface area contributed by atoms with E-state index < -0.39 is 4.92 Å². The van der Waals surface area contributed by atoms with Gasteiger partial charge in [0.1, 0.15) is 0 Å². The van der Waals surface area contributed by atoms with Crippen LogP contribution in [-0.4, -0.2) is 46.6 Å². The highest BCUT2D eigenvalue weighted by Gasteiger charge is 2.26. The van der Waals surface area contributed by atoms with Crippen LogP contribution in [0, 0.1) is 17.0 Å². The first kappa shape index (κ1) is 17.3. The molecule has 1 saturated heterocycles. The summed E-state index contributed by atoms with van der Waals surface area (Å²) in [5, 5.41) is 18.4. The lowest BCUT2D eigenvalue weighted by molar-refractivity contribution is -0.385. The molecule has 0 aliphatic carbocycles. The van der Waals surface area contributed by atoms with E-state index in [1.807, 2.05) is 7.05 Å². The number of piperazine rings is 1. The predicted molar refractivity (Wildman–Crippen MR) is 86.6 cm³/mol. The number of nitro benzene ring substituents is 1. The fourth-order valence-corrected chi connectivity index (χ4v) is 2.63. The van der Waals surface area contributed by atoms with Gasteiger partial charge in [-0.25, -0.2) is 0 Å². The molecule has 2 heterocycles. The van der Waals surface area contributed by atoms with Crippen molar-refractivity contribution in [3.05, 3.63) is 39.7 Å². The van der Waals surface area contributed by atoms with Crippen molar-refractivity contribution in [1.82, 2.24) is 20.4 Å². The number of benzene rings is 1. The van der Waals surface area contributed by atoms with Gasteiger partial charge in [0.2, 0.25) is 0 Å². The summed E-state index contributed by atoms with van der Waals surface area (Å²) in [5.74, 6) is 0.908. The maximum atomic E-state index is 11.0. The zero-order chi connectivity index (χ0) is 15.7. The number of hydrogen-bond acceptors (Lipinski definition) is 7. The molecule has 0 saturated carbocycles. The van der Waals surface area contributed by atoms with Gasteiger partial charge in [-0.15, -0.1) is 12.4 Å². The Morgan fingerprint density at radius 1 is 1.48 bits per heavy atom. The number of nitrogens with zero attached hydrogens (tertiary/aromatic N) is 4. The van der Waals surface area contributed by atoms with Gasteiger partial charge in [0, 0.05) is 36.8 Å². The van der Waals surface area contributed by atoms with Crippen molar-refractivity contribution < 1.29 is 9.45 Å². The van der Waals surface area contributed by atoms with Crippen molar-refractivity contribution in [1.29, 1.82) is 0 Å². The zero-order valence-electron chi connectivity index (χ0n) is 12.9. The Bertz CT molecular complexity index is 705. The molecule has 1 N–H and O–H groups in total. The highest BCUT2D eigenvalue weighted by atomic mass is 35.5. The van der Waals surface area contributed by atoms with Gasteiger partial charge in [-0.3, -0.25) is 15.0 Å². The van der Waals surface area contributed by atoms with Crippen LogP contribution in [0.1, 0.15) is 17.4 Å². The molecule has 9 heteroatoms. The van der Waals surface area contributed by atoms with Crippen LogP contribution >= 0.6 is 12.4 Å². The van der Waals surface area contributed by atoms with Gasteiger partial charge in [-0.05, 0) is 20.0 Å². The van der Waals surface area contributed by atoms with Crippen molar-refractivity contribution in [2.75, 3.05) is 26.7 Å². The third-order valence-electron chi connectivity index (χ3n) is 3.98. The highest BCUT2D eigenvalue weighted by molar-refractivity contribution is 5.85.